The van der Waals surface area contributed by atoms with E-state index < -0.39 is 17.5 Å². The SMILES string of the molecule is Cn1c(SCC(=O)Nc2cc(F)ccc2F)nc2c(=O)[nH]cnc21. The Hall–Kier alpha value is -2.75. The van der Waals surface area contributed by atoms with Gasteiger partial charge >= 0.3 is 0 Å². The molecule has 10 heteroatoms. The van der Waals surface area contributed by atoms with Crippen LogP contribution in [-0.4, -0.2) is 31.2 Å². The van der Waals surface area contributed by atoms with Crippen molar-refractivity contribution in [2.45, 2.75) is 5.16 Å². The largest absolute Gasteiger partial charge is 0.323 e. The van der Waals surface area contributed by atoms with Crippen molar-refractivity contribution in [3.8, 4) is 0 Å². The normalized spacial score (nSPS) is 11.0. The van der Waals surface area contributed by atoms with E-state index in [9.17, 15) is 18.4 Å². The van der Waals surface area contributed by atoms with Crippen LogP contribution in [0.25, 0.3) is 11.2 Å². The van der Waals surface area contributed by atoms with Crippen LogP contribution in [0.5, 0.6) is 0 Å². The van der Waals surface area contributed by atoms with Crippen LogP contribution in [0.4, 0.5) is 14.5 Å². The molecule has 0 unspecified atom stereocenters. The average molecular weight is 351 g/mol. The van der Waals surface area contributed by atoms with Crippen molar-refractivity contribution in [1.82, 2.24) is 19.5 Å². The Labute approximate surface area is 138 Å². The summed E-state index contributed by atoms with van der Waals surface area (Å²) in [5.74, 6) is -2.00. The van der Waals surface area contributed by atoms with E-state index in [0.717, 1.165) is 30.0 Å². The van der Waals surface area contributed by atoms with Gasteiger partial charge in [0.15, 0.2) is 16.3 Å². The van der Waals surface area contributed by atoms with E-state index in [0.29, 0.717) is 10.8 Å². The Bertz CT molecular complexity index is 985. The summed E-state index contributed by atoms with van der Waals surface area (Å²) in [5.41, 5.74) is -0.0608. The molecule has 124 valence electrons. The molecule has 1 aromatic carbocycles. The van der Waals surface area contributed by atoms with Crippen molar-refractivity contribution in [2.75, 3.05) is 11.1 Å². The number of benzene rings is 1. The monoisotopic (exact) mass is 351 g/mol. The molecule has 24 heavy (non-hydrogen) atoms. The second kappa shape index (κ2) is 6.40. The van der Waals surface area contributed by atoms with E-state index in [1.165, 1.54) is 6.33 Å². The first-order chi connectivity index (χ1) is 11.5. The first kappa shape index (κ1) is 16.1. The standard InChI is InChI=1S/C14H11F2N5O2S/c1-21-12-11(13(23)18-6-17-12)20-14(21)24-5-10(22)19-9-4-7(15)2-3-8(9)16/h2-4,6H,5H2,1H3,(H,19,22)(H,17,18,23). The van der Waals surface area contributed by atoms with Gasteiger partial charge in [0.2, 0.25) is 5.91 Å². The molecule has 7 nitrogen and oxygen atoms in total. The zero-order valence-corrected chi connectivity index (χ0v) is 13.2. The molecule has 0 atom stereocenters. The first-order valence-electron chi connectivity index (χ1n) is 6.73. The van der Waals surface area contributed by atoms with Gasteiger partial charge in [-0.3, -0.25) is 9.59 Å². The number of H-pyrrole nitrogens is 1. The van der Waals surface area contributed by atoms with E-state index in [-0.39, 0.29) is 22.5 Å². The van der Waals surface area contributed by atoms with E-state index in [1.807, 2.05) is 0 Å². The van der Waals surface area contributed by atoms with Gasteiger partial charge in [-0.25, -0.2) is 18.7 Å². The van der Waals surface area contributed by atoms with Crippen molar-refractivity contribution in [2.24, 2.45) is 7.05 Å². The maximum atomic E-state index is 13.5. The fraction of sp³-hybridized carbons (Fsp3) is 0.143. The Kier molecular flexibility index (Phi) is 4.30. The maximum absolute atomic E-state index is 13.5. The number of aryl methyl sites for hydroxylation is 1. The number of amides is 1. The highest BCUT2D eigenvalue weighted by molar-refractivity contribution is 7.99. The number of hydrogen-bond acceptors (Lipinski definition) is 5. The molecule has 0 fully saturated rings. The summed E-state index contributed by atoms with van der Waals surface area (Å²) in [6.45, 7) is 0. The molecular formula is C14H11F2N5O2S. The lowest BCUT2D eigenvalue weighted by molar-refractivity contribution is -0.113. The van der Waals surface area contributed by atoms with Crippen LogP contribution >= 0.6 is 11.8 Å². The van der Waals surface area contributed by atoms with Crippen LogP contribution in [0.1, 0.15) is 0 Å². The minimum atomic E-state index is -0.729. The summed E-state index contributed by atoms with van der Waals surface area (Å²) in [5, 5.41) is 2.70. The number of rotatable bonds is 4. The molecule has 0 spiro atoms. The summed E-state index contributed by atoms with van der Waals surface area (Å²) in [7, 11) is 1.66. The molecule has 2 aromatic heterocycles. The van der Waals surface area contributed by atoms with Gasteiger partial charge in [0.05, 0.1) is 17.8 Å². The smallest absolute Gasteiger partial charge is 0.278 e. The van der Waals surface area contributed by atoms with Crippen molar-refractivity contribution in [3.63, 3.8) is 0 Å². The molecule has 0 radical (unpaired) electrons. The Morgan fingerprint density at radius 3 is 2.96 bits per heavy atom. The highest BCUT2D eigenvalue weighted by Crippen LogP contribution is 2.20. The topological polar surface area (TPSA) is 92.7 Å². The van der Waals surface area contributed by atoms with Gasteiger partial charge in [-0.15, -0.1) is 0 Å². The van der Waals surface area contributed by atoms with E-state index >= 15 is 0 Å². The minimum Gasteiger partial charge on any atom is -0.323 e. The fourth-order valence-corrected chi connectivity index (χ4v) is 2.80. The zero-order chi connectivity index (χ0) is 17.3. The number of halogens is 2. The number of nitrogens with one attached hydrogen (secondary N) is 2. The minimum absolute atomic E-state index is 0.0922. The molecular weight excluding hydrogens is 340 g/mol. The van der Waals surface area contributed by atoms with Gasteiger partial charge in [-0.05, 0) is 12.1 Å². The van der Waals surface area contributed by atoms with E-state index in [2.05, 4.69) is 20.3 Å². The number of hydrogen-bond donors (Lipinski definition) is 2. The molecule has 0 aliphatic rings. The van der Waals surface area contributed by atoms with Crippen LogP contribution in [-0.2, 0) is 11.8 Å². The van der Waals surface area contributed by atoms with Gasteiger partial charge in [0.1, 0.15) is 11.6 Å². The van der Waals surface area contributed by atoms with Crippen molar-refractivity contribution in [3.05, 3.63) is 46.5 Å². The predicted molar refractivity (Wildman–Crippen MR) is 84.8 cm³/mol. The number of imidazole rings is 1. The Balaban J connectivity index is 1.73. The summed E-state index contributed by atoms with van der Waals surface area (Å²) >= 11 is 1.05. The van der Waals surface area contributed by atoms with Gasteiger partial charge in [-0.2, -0.15) is 0 Å². The van der Waals surface area contributed by atoms with Crippen LogP contribution < -0.4 is 10.9 Å². The van der Waals surface area contributed by atoms with Crippen LogP contribution in [0, 0.1) is 11.6 Å². The second-order valence-electron chi connectivity index (χ2n) is 4.82. The van der Waals surface area contributed by atoms with Gasteiger partial charge in [0.25, 0.3) is 5.56 Å². The highest BCUT2D eigenvalue weighted by Gasteiger charge is 2.14. The van der Waals surface area contributed by atoms with E-state index in [1.54, 1.807) is 11.6 Å². The van der Waals surface area contributed by atoms with Crippen LogP contribution in [0.3, 0.4) is 0 Å². The summed E-state index contributed by atoms with van der Waals surface area (Å²) in [6.07, 6.45) is 1.26. The molecule has 0 saturated carbocycles. The molecule has 1 amide bonds. The predicted octanol–water partition coefficient (Wildman–Crippen LogP) is 1.67. The average Bonchev–Trinajstić information content (AvgIpc) is 2.87. The first-order valence-corrected chi connectivity index (χ1v) is 7.72. The summed E-state index contributed by atoms with van der Waals surface area (Å²) in [4.78, 5) is 34.1. The molecule has 0 aliphatic heterocycles. The summed E-state index contributed by atoms with van der Waals surface area (Å²) < 4.78 is 28.1. The lowest BCUT2D eigenvalue weighted by Crippen LogP contribution is -2.15. The lowest BCUT2D eigenvalue weighted by atomic mass is 10.3. The number of thioether (sulfide) groups is 1. The number of fused-ring (bicyclic) bond motifs is 1. The van der Waals surface area contributed by atoms with E-state index in [4.69, 9.17) is 0 Å². The molecule has 0 aliphatic carbocycles. The van der Waals surface area contributed by atoms with Crippen molar-refractivity contribution < 1.29 is 13.6 Å². The number of nitrogens with zero attached hydrogens (tertiary/aromatic N) is 3. The van der Waals surface area contributed by atoms with Gasteiger partial charge < -0.3 is 14.9 Å². The zero-order valence-electron chi connectivity index (χ0n) is 12.3. The molecule has 2 heterocycles. The third-order valence-electron chi connectivity index (χ3n) is 3.16. The molecule has 0 saturated heterocycles. The fourth-order valence-electron chi connectivity index (χ4n) is 2.03. The number of carbonyl (C=O) groups is 1. The summed E-state index contributed by atoms with van der Waals surface area (Å²) in [6, 6.07) is 2.79. The second-order valence-corrected chi connectivity index (χ2v) is 5.76. The molecule has 3 rings (SSSR count). The Morgan fingerprint density at radius 1 is 1.42 bits per heavy atom. The van der Waals surface area contributed by atoms with Crippen molar-refractivity contribution >= 4 is 34.5 Å². The van der Waals surface area contributed by atoms with Crippen LogP contribution in [0.2, 0.25) is 0 Å². The number of carbonyl (C=O) groups excluding carboxylic acids is 1. The maximum Gasteiger partial charge on any atom is 0.278 e. The Morgan fingerprint density at radius 2 is 2.21 bits per heavy atom. The molecule has 0 bridgehead atoms. The van der Waals surface area contributed by atoms with Crippen LogP contribution in [0.15, 0.2) is 34.5 Å². The molecule has 2 N–H and O–H groups in total. The number of aromatic amines is 1. The third kappa shape index (κ3) is 3.13. The third-order valence-corrected chi connectivity index (χ3v) is 4.19. The number of aromatic nitrogens is 4. The lowest BCUT2D eigenvalue weighted by Gasteiger charge is -2.06. The molecule has 3 aromatic rings. The van der Waals surface area contributed by atoms with Gasteiger partial charge in [-0.1, -0.05) is 11.8 Å². The van der Waals surface area contributed by atoms with Crippen molar-refractivity contribution in [1.29, 1.82) is 0 Å². The number of anilines is 1. The highest BCUT2D eigenvalue weighted by atomic mass is 32.2. The quantitative estimate of drug-likeness (QED) is 0.698. The van der Waals surface area contributed by atoms with Gasteiger partial charge in [0, 0.05) is 13.1 Å².